The van der Waals surface area contributed by atoms with Crippen molar-refractivity contribution in [3.8, 4) is 22.9 Å². The fourth-order valence-electron chi connectivity index (χ4n) is 7.99. The molecule has 0 bridgehead atoms. The lowest BCUT2D eigenvalue weighted by Gasteiger charge is -2.35. The number of carboxylic acid groups (broad SMARTS) is 1. The molecular weight excluding hydrogens is 772 g/mol. The Labute approximate surface area is 342 Å². The van der Waals surface area contributed by atoms with Gasteiger partial charge >= 0.3 is 12.1 Å². The number of benzene rings is 1. The van der Waals surface area contributed by atoms with Crippen LogP contribution in [0.25, 0.3) is 22.3 Å². The number of thiazole rings is 1. The number of aromatic nitrogens is 2. The first-order chi connectivity index (χ1) is 26.9. The van der Waals surface area contributed by atoms with Gasteiger partial charge in [-0.1, -0.05) is 52.3 Å². The number of fused-ring (bicyclic) bond motifs is 2. The van der Waals surface area contributed by atoms with E-state index >= 15 is 0 Å². The minimum atomic E-state index is -1.30. The molecule has 2 saturated carbocycles. The summed E-state index contributed by atoms with van der Waals surface area (Å²) in [6.45, 7) is 17.0. The molecular formula is C41H53ClN6O8S. The molecule has 1 aliphatic heterocycles. The average molecular weight is 825 g/mol. The number of anilines is 1. The van der Waals surface area contributed by atoms with Gasteiger partial charge in [-0.2, -0.15) is 0 Å². The number of carbonyl (C=O) groups excluding carboxylic acids is 3. The summed E-state index contributed by atoms with van der Waals surface area (Å²) < 4.78 is 18.0. The van der Waals surface area contributed by atoms with Crippen molar-refractivity contribution in [3.63, 3.8) is 0 Å². The zero-order valence-electron chi connectivity index (χ0n) is 33.6. The smallest absolute Gasteiger partial charge is 0.408 e. The summed E-state index contributed by atoms with van der Waals surface area (Å²) in [5.41, 5.74) is 0.669. The zero-order valence-corrected chi connectivity index (χ0v) is 35.2. The molecule has 2 aromatic heterocycles. The van der Waals surface area contributed by atoms with Crippen LogP contribution in [-0.2, 0) is 19.1 Å². The molecule has 308 valence electrons. The van der Waals surface area contributed by atoms with E-state index in [4.69, 9.17) is 35.8 Å². The van der Waals surface area contributed by atoms with Crippen LogP contribution in [0.5, 0.6) is 11.5 Å². The van der Waals surface area contributed by atoms with Crippen molar-refractivity contribution >= 4 is 62.8 Å². The highest BCUT2D eigenvalue weighted by molar-refractivity contribution is 7.14. The van der Waals surface area contributed by atoms with Crippen LogP contribution in [0.4, 0.5) is 9.93 Å². The molecule has 0 spiro atoms. The number of alkyl carbamates (subject to hydrolysis) is 1. The Balaban J connectivity index is 1.32. The first-order valence-electron chi connectivity index (χ1n) is 19.4. The summed E-state index contributed by atoms with van der Waals surface area (Å²) in [5, 5.41) is 22.2. The van der Waals surface area contributed by atoms with Crippen molar-refractivity contribution in [2.45, 2.75) is 104 Å². The fourth-order valence-corrected chi connectivity index (χ4v) is 9.13. The summed E-state index contributed by atoms with van der Waals surface area (Å²) in [4.78, 5) is 65.3. The van der Waals surface area contributed by atoms with E-state index in [1.54, 1.807) is 25.1 Å². The number of halogens is 1. The molecule has 3 aromatic rings. The molecule has 3 heterocycles. The number of nitrogens with one attached hydrogen (secondary N) is 3. The molecule has 57 heavy (non-hydrogen) atoms. The minimum absolute atomic E-state index is 0.0128. The number of carbonyl (C=O) groups is 4. The lowest BCUT2D eigenvalue weighted by Crippen LogP contribution is -2.59. The maximum Gasteiger partial charge on any atom is 0.408 e. The van der Waals surface area contributed by atoms with Crippen LogP contribution < -0.4 is 25.4 Å². The summed E-state index contributed by atoms with van der Waals surface area (Å²) in [7, 11) is 1.51. The Hall–Kier alpha value is -4.63. The normalized spacial score (nSPS) is 24.3. The first-order valence-corrected chi connectivity index (χ1v) is 20.7. The quantitative estimate of drug-likeness (QED) is 0.126. The molecule has 16 heteroatoms. The topological polar surface area (TPSA) is 181 Å². The van der Waals surface area contributed by atoms with Gasteiger partial charge in [0.1, 0.15) is 52.5 Å². The molecule has 3 fully saturated rings. The Morgan fingerprint density at radius 1 is 1.04 bits per heavy atom. The second kappa shape index (κ2) is 16.7. The molecule has 3 amide bonds. The Morgan fingerprint density at radius 3 is 2.35 bits per heavy atom. The predicted octanol–water partition coefficient (Wildman–Crippen LogP) is 6.77. The number of pyridine rings is 1. The number of rotatable bonds is 14. The van der Waals surface area contributed by atoms with E-state index < -0.39 is 59.4 Å². The number of likely N-dealkylation sites (tertiary alicyclic amines) is 1. The Bertz CT molecular complexity index is 2020. The van der Waals surface area contributed by atoms with E-state index in [9.17, 15) is 24.3 Å². The van der Waals surface area contributed by atoms with E-state index in [0.717, 1.165) is 12.8 Å². The van der Waals surface area contributed by atoms with Gasteiger partial charge in [0, 0.05) is 35.2 Å². The molecule has 6 rings (SSSR count). The van der Waals surface area contributed by atoms with Gasteiger partial charge < -0.3 is 40.2 Å². The van der Waals surface area contributed by atoms with E-state index in [1.807, 2.05) is 40.0 Å². The number of amides is 3. The van der Waals surface area contributed by atoms with Crippen molar-refractivity contribution in [1.82, 2.24) is 25.5 Å². The first kappa shape index (κ1) is 42.0. The highest BCUT2D eigenvalue weighted by atomic mass is 35.5. The number of ether oxygens (including phenoxy) is 3. The zero-order chi connectivity index (χ0) is 41.5. The van der Waals surface area contributed by atoms with Gasteiger partial charge in [0.05, 0.1) is 24.9 Å². The number of aliphatic carboxylic acids is 1. The summed E-state index contributed by atoms with van der Waals surface area (Å²) in [5.74, 6) is -0.497. The molecule has 14 nitrogen and oxygen atoms in total. The maximum absolute atomic E-state index is 14.7. The monoisotopic (exact) mass is 824 g/mol. The van der Waals surface area contributed by atoms with Crippen LogP contribution in [0.1, 0.15) is 67.7 Å². The van der Waals surface area contributed by atoms with Crippen LogP contribution in [0.15, 0.2) is 36.2 Å². The van der Waals surface area contributed by atoms with Crippen molar-refractivity contribution in [1.29, 1.82) is 0 Å². The lowest BCUT2D eigenvalue weighted by molar-refractivity contribution is -0.145. The number of hydrogen-bond acceptors (Lipinski definition) is 11. The third kappa shape index (κ3) is 9.09. The van der Waals surface area contributed by atoms with Gasteiger partial charge in [0.2, 0.25) is 11.8 Å². The van der Waals surface area contributed by atoms with Gasteiger partial charge in [0.25, 0.3) is 0 Å². The summed E-state index contributed by atoms with van der Waals surface area (Å²) >= 11 is 8.24. The van der Waals surface area contributed by atoms with Crippen LogP contribution in [0.3, 0.4) is 0 Å². The van der Waals surface area contributed by atoms with Gasteiger partial charge in [-0.3, -0.25) is 9.59 Å². The summed E-state index contributed by atoms with van der Waals surface area (Å²) in [6, 6.07) is 1.85. The van der Waals surface area contributed by atoms with Crippen molar-refractivity contribution in [2.24, 2.45) is 29.1 Å². The SMILES string of the molecule is C=CC(C)[C@@H](NC(=O)C1CC(Oc2cc(-c3csc(NC(C)C)n3)nc3c(Cl)c(OC)ccc23)CN1C(=O)[C@@H](NC(=O)OC1C[C@@H]2C(C)[C@@H]2C1)C(C)(C)C)C(=O)O. The predicted molar refractivity (Wildman–Crippen MR) is 219 cm³/mol. The molecule has 9 atom stereocenters. The third-order valence-corrected chi connectivity index (χ3v) is 12.5. The molecule has 2 aliphatic carbocycles. The van der Waals surface area contributed by atoms with E-state index in [0.29, 0.717) is 56.7 Å². The van der Waals surface area contributed by atoms with E-state index in [1.165, 1.54) is 29.4 Å². The minimum Gasteiger partial charge on any atom is -0.495 e. The number of methoxy groups -OCH3 is 1. The fraction of sp³-hybridized carbons (Fsp3) is 0.561. The standard InChI is InChI=1S/C41H53ClN6O8S/c1-10-20(4)33(38(51)52)46-36(49)29-15-23(17-48(29)37(50)35(41(6,7)8)47-40(53)56-22-13-25-21(5)26(25)14-22)55-31-16-27(28-18-57-39(45-28)43-19(2)3)44-34-24(31)11-12-30(54-9)32(34)42/h10-12,16,18-23,25-26,29,33,35H,1,13-15,17H2,2-9H3,(H,43,45)(H,46,49)(H,47,53)(H,51,52)/t20?,21?,22?,23?,25-,26+,29?,33-,35-/m1/s1. The lowest BCUT2D eigenvalue weighted by atomic mass is 9.85. The van der Waals surface area contributed by atoms with Crippen molar-refractivity contribution in [2.75, 3.05) is 19.0 Å². The second-order valence-electron chi connectivity index (χ2n) is 16.9. The molecule has 5 unspecified atom stereocenters. The maximum atomic E-state index is 14.7. The summed E-state index contributed by atoms with van der Waals surface area (Å²) in [6.07, 6.45) is 1.39. The number of carboxylic acids is 1. The van der Waals surface area contributed by atoms with Crippen LogP contribution in [0, 0.1) is 29.1 Å². The second-order valence-corrected chi connectivity index (χ2v) is 18.1. The van der Waals surface area contributed by atoms with Gasteiger partial charge in [-0.15, -0.1) is 17.9 Å². The number of hydrogen-bond donors (Lipinski definition) is 4. The van der Waals surface area contributed by atoms with Crippen LogP contribution in [0.2, 0.25) is 5.02 Å². The average Bonchev–Trinajstić information content (AvgIpc) is 3.64. The van der Waals surface area contributed by atoms with Gasteiger partial charge in [0.15, 0.2) is 5.13 Å². The van der Waals surface area contributed by atoms with Crippen molar-refractivity contribution < 1.29 is 38.5 Å². The van der Waals surface area contributed by atoms with Crippen LogP contribution >= 0.6 is 22.9 Å². The van der Waals surface area contributed by atoms with E-state index in [2.05, 4.69) is 29.5 Å². The van der Waals surface area contributed by atoms with Crippen LogP contribution in [-0.4, -0.2) is 93.9 Å². The molecule has 1 aromatic carbocycles. The number of nitrogens with zero attached hydrogens (tertiary/aromatic N) is 3. The Kier molecular flexibility index (Phi) is 12.3. The highest BCUT2D eigenvalue weighted by Crippen LogP contribution is 2.57. The molecule has 3 aliphatic rings. The van der Waals surface area contributed by atoms with Gasteiger partial charge in [-0.25, -0.2) is 19.6 Å². The highest BCUT2D eigenvalue weighted by Gasteiger charge is 2.54. The molecule has 0 radical (unpaired) electrons. The largest absolute Gasteiger partial charge is 0.495 e. The Morgan fingerprint density at radius 2 is 1.74 bits per heavy atom. The molecule has 4 N–H and O–H groups in total. The molecule has 1 saturated heterocycles. The van der Waals surface area contributed by atoms with Gasteiger partial charge in [-0.05, 0) is 62.0 Å². The third-order valence-electron chi connectivity index (χ3n) is 11.3. The van der Waals surface area contributed by atoms with Crippen molar-refractivity contribution in [3.05, 3.63) is 41.3 Å². The van der Waals surface area contributed by atoms with E-state index in [-0.39, 0.29) is 30.1 Å².